The molecule has 0 spiro atoms. The molecular weight excluding hydrogens is 616 g/mol. The number of carboxylic acids is 2. The summed E-state index contributed by atoms with van der Waals surface area (Å²) >= 11 is 7.97. The summed E-state index contributed by atoms with van der Waals surface area (Å²) in [5, 5.41) is 16.6. The summed E-state index contributed by atoms with van der Waals surface area (Å²) in [6, 6.07) is 2.02. The zero-order valence-corrected chi connectivity index (χ0v) is 24.6. The van der Waals surface area contributed by atoms with Crippen molar-refractivity contribution >= 4 is 52.2 Å². The van der Waals surface area contributed by atoms with Crippen LogP contribution in [0.2, 0.25) is 5.02 Å². The Morgan fingerprint density at radius 3 is 2.15 bits per heavy atom. The number of aliphatic carboxylic acids is 2. The third-order valence-electron chi connectivity index (χ3n) is 6.20. The van der Waals surface area contributed by atoms with Crippen LogP contribution in [0.25, 0.3) is 5.69 Å². The van der Waals surface area contributed by atoms with Crippen LogP contribution in [0, 0.1) is 23.1 Å². The molecule has 2 N–H and O–H groups in total. The second-order valence-corrected chi connectivity index (χ2v) is 12.1. The summed E-state index contributed by atoms with van der Waals surface area (Å²) in [6.45, 7) is 4.73. The van der Waals surface area contributed by atoms with Gasteiger partial charge in [-0.1, -0.05) is 37.2 Å². The normalized spacial score (nSPS) is 14.7. The molecule has 9 nitrogen and oxygen atoms in total. The summed E-state index contributed by atoms with van der Waals surface area (Å²) in [5.74, 6) is -3.31. The van der Waals surface area contributed by atoms with E-state index in [1.165, 1.54) is 0 Å². The molecule has 0 bridgehead atoms. The number of nitrogens with zero attached hydrogens (tertiary/aromatic N) is 2. The smallest absolute Gasteiger partial charge is 0.431 e. The molecule has 1 aromatic heterocycles. The van der Waals surface area contributed by atoms with Gasteiger partial charge in [0.2, 0.25) is 0 Å². The van der Waals surface area contributed by atoms with Crippen LogP contribution in [0.4, 0.5) is 17.6 Å². The quantitative estimate of drug-likeness (QED) is 0.288. The zero-order chi connectivity index (χ0) is 31.4. The maximum absolute atomic E-state index is 14.7. The molecule has 0 aliphatic heterocycles. The topological polar surface area (TPSA) is 136 Å². The van der Waals surface area contributed by atoms with Crippen molar-refractivity contribution in [1.29, 1.82) is 0 Å². The average molecular weight is 643 g/mol. The molecule has 0 saturated heterocycles. The van der Waals surface area contributed by atoms with E-state index in [2.05, 4.69) is 0 Å². The second kappa shape index (κ2) is 13.5. The molecule has 3 rings (SSSR count). The average Bonchev–Trinajstić information content (AvgIpc) is 3.59. The molecule has 1 atom stereocenters. The first kappa shape index (κ1) is 34.4. The Balaban J connectivity index is 0.00000138. The predicted molar refractivity (Wildman–Crippen MR) is 146 cm³/mol. The van der Waals surface area contributed by atoms with Crippen molar-refractivity contribution in [3.8, 4) is 5.69 Å². The number of carboxylic acid groups (broad SMARTS) is 2. The van der Waals surface area contributed by atoms with E-state index >= 15 is 0 Å². The van der Waals surface area contributed by atoms with Gasteiger partial charge in [0.1, 0.15) is 11.5 Å². The molecule has 0 radical (unpaired) electrons. The van der Waals surface area contributed by atoms with E-state index in [0.717, 1.165) is 49.6 Å². The Kier molecular flexibility index (Phi) is 11.3. The van der Waals surface area contributed by atoms with Gasteiger partial charge in [-0.15, -0.1) is 11.8 Å². The largest absolute Gasteiger partial charge is 0.481 e. The number of hydrogen-bond acceptors (Lipinski definition) is 7. The van der Waals surface area contributed by atoms with Gasteiger partial charge in [-0.05, 0) is 36.3 Å². The molecule has 1 aliphatic rings. The Morgan fingerprint density at radius 1 is 1.12 bits per heavy atom. The molecule has 1 saturated carbocycles. The molecule has 2 aromatic rings. The minimum Gasteiger partial charge on any atom is -0.481 e. The fourth-order valence-electron chi connectivity index (χ4n) is 4.28. The van der Waals surface area contributed by atoms with Crippen LogP contribution in [-0.4, -0.2) is 47.9 Å². The third kappa shape index (κ3) is 8.61. The number of aromatic nitrogens is 2. The van der Waals surface area contributed by atoms with Crippen LogP contribution in [-0.2, 0) is 27.6 Å². The van der Waals surface area contributed by atoms with Crippen LogP contribution in [0.5, 0.6) is 0 Å². The highest BCUT2D eigenvalue weighted by Gasteiger charge is 2.53. The highest BCUT2D eigenvalue weighted by Crippen LogP contribution is 2.56. The number of halogens is 5. The van der Waals surface area contributed by atoms with E-state index < -0.39 is 57.9 Å². The molecule has 226 valence electrons. The minimum absolute atomic E-state index is 0.0946. The fourth-order valence-corrected chi connectivity index (χ4v) is 6.69. The lowest BCUT2D eigenvalue weighted by molar-refractivity contribution is -0.146. The lowest BCUT2D eigenvalue weighted by Crippen LogP contribution is -2.41. The SMILES string of the molecule is CC(=O)O.CC(C)C(C(=O)O)C1(CSC(=O)CSc2cc(-n3c(=O)cc(C(F)(F)F)n(C)c3=O)c(F)cc2Cl)CC1. The standard InChI is InChI=1S/C23H23ClF4N2O5S2.C2H4O2/c1-11(2)19(20(33)34)22(4-5-22)10-37-18(32)9-36-15-7-14(13(25)6-12(15)24)30-17(31)8-16(23(26,27)28)29(3)21(30)35;1-2(3)4/h6-8,11,19H,4-5,9-10H2,1-3H3,(H,33,34);1H3,(H,3,4). The fraction of sp³-hybridized carbons (Fsp3) is 0.480. The van der Waals surface area contributed by atoms with Gasteiger partial charge in [0.05, 0.1) is 22.4 Å². The number of rotatable bonds is 9. The molecule has 1 heterocycles. The summed E-state index contributed by atoms with van der Waals surface area (Å²) < 4.78 is 54.5. The van der Waals surface area contributed by atoms with Gasteiger partial charge in [0.25, 0.3) is 11.5 Å². The van der Waals surface area contributed by atoms with Gasteiger partial charge in [-0.2, -0.15) is 13.2 Å². The van der Waals surface area contributed by atoms with Crippen molar-refractivity contribution in [2.24, 2.45) is 24.3 Å². The Hall–Kier alpha value is -2.78. The van der Waals surface area contributed by atoms with Crippen molar-refractivity contribution in [3.63, 3.8) is 0 Å². The molecule has 16 heteroatoms. The van der Waals surface area contributed by atoms with E-state index in [9.17, 15) is 41.8 Å². The molecule has 41 heavy (non-hydrogen) atoms. The summed E-state index contributed by atoms with van der Waals surface area (Å²) in [4.78, 5) is 58.2. The van der Waals surface area contributed by atoms with Gasteiger partial charge in [-0.25, -0.2) is 13.8 Å². The summed E-state index contributed by atoms with van der Waals surface area (Å²) in [7, 11) is 0.807. The first-order valence-electron chi connectivity index (χ1n) is 11.9. The van der Waals surface area contributed by atoms with Crippen LogP contribution in [0.15, 0.2) is 32.7 Å². The lowest BCUT2D eigenvalue weighted by Gasteiger charge is -2.26. The molecule has 1 fully saturated rings. The first-order valence-corrected chi connectivity index (χ1v) is 14.3. The van der Waals surface area contributed by atoms with Gasteiger partial charge in [-0.3, -0.25) is 23.7 Å². The van der Waals surface area contributed by atoms with Crippen molar-refractivity contribution in [3.05, 3.63) is 55.6 Å². The monoisotopic (exact) mass is 642 g/mol. The van der Waals surface area contributed by atoms with E-state index in [1.54, 1.807) is 0 Å². The number of carbonyl (C=O) groups is 3. The van der Waals surface area contributed by atoms with Crippen LogP contribution < -0.4 is 11.2 Å². The van der Waals surface area contributed by atoms with Gasteiger partial charge in [0, 0.05) is 30.7 Å². The van der Waals surface area contributed by atoms with E-state index in [-0.39, 0.29) is 41.9 Å². The highest BCUT2D eigenvalue weighted by molar-refractivity contribution is 8.15. The number of thioether (sulfide) groups is 2. The Bertz CT molecular complexity index is 1450. The maximum atomic E-state index is 14.7. The van der Waals surface area contributed by atoms with Crippen molar-refractivity contribution < 1.29 is 42.2 Å². The second-order valence-electron chi connectivity index (χ2n) is 9.67. The van der Waals surface area contributed by atoms with Crippen LogP contribution >= 0.6 is 35.1 Å². The highest BCUT2D eigenvalue weighted by atomic mass is 35.5. The maximum Gasteiger partial charge on any atom is 0.431 e. The molecule has 1 unspecified atom stereocenters. The van der Waals surface area contributed by atoms with Crippen molar-refractivity contribution in [2.45, 2.75) is 44.7 Å². The molecule has 0 amide bonds. The van der Waals surface area contributed by atoms with Crippen molar-refractivity contribution in [1.82, 2.24) is 9.13 Å². The zero-order valence-electron chi connectivity index (χ0n) is 22.3. The lowest BCUT2D eigenvalue weighted by atomic mass is 9.82. The first-order chi connectivity index (χ1) is 18.8. The van der Waals surface area contributed by atoms with Gasteiger partial charge in [0.15, 0.2) is 5.12 Å². The number of benzene rings is 1. The van der Waals surface area contributed by atoms with E-state index in [0.29, 0.717) is 18.6 Å². The van der Waals surface area contributed by atoms with E-state index in [4.69, 9.17) is 21.5 Å². The summed E-state index contributed by atoms with van der Waals surface area (Å²) in [5.41, 5.74) is -5.33. The number of carbonyl (C=O) groups excluding carboxylic acids is 1. The molecular formula is C25H27ClF4N2O7S2. The minimum atomic E-state index is -4.97. The van der Waals surface area contributed by atoms with Gasteiger partial charge >= 0.3 is 17.8 Å². The third-order valence-corrected chi connectivity index (χ3v) is 9.05. The number of alkyl halides is 3. The van der Waals surface area contributed by atoms with Crippen LogP contribution in [0.3, 0.4) is 0 Å². The van der Waals surface area contributed by atoms with Gasteiger partial charge < -0.3 is 10.2 Å². The van der Waals surface area contributed by atoms with Crippen molar-refractivity contribution in [2.75, 3.05) is 11.5 Å². The number of hydrogen-bond donors (Lipinski definition) is 2. The Labute approximate surface area is 244 Å². The predicted octanol–water partition coefficient (Wildman–Crippen LogP) is 4.93. The molecule has 1 aromatic carbocycles. The van der Waals surface area contributed by atoms with E-state index in [1.807, 2.05) is 13.8 Å². The molecule has 1 aliphatic carbocycles. The summed E-state index contributed by atoms with van der Waals surface area (Å²) in [6.07, 6.45) is -3.55. The Morgan fingerprint density at radius 2 is 1.68 bits per heavy atom. The van der Waals surface area contributed by atoms with Crippen LogP contribution in [0.1, 0.15) is 39.3 Å².